The first-order valence-corrected chi connectivity index (χ1v) is 8.61. The van der Waals surface area contributed by atoms with Gasteiger partial charge in [-0.25, -0.2) is 9.97 Å². The Morgan fingerprint density at radius 2 is 1.89 bits per heavy atom. The number of benzene rings is 2. The number of carbonyl (C=O) groups excluding carboxylic acids is 1. The molecule has 8 nitrogen and oxygen atoms in total. The van der Waals surface area contributed by atoms with Gasteiger partial charge in [0.2, 0.25) is 0 Å². The first-order chi connectivity index (χ1) is 13.6. The molecule has 0 saturated heterocycles. The fraction of sp³-hybridized carbons (Fsp3) is 0.100. The van der Waals surface area contributed by atoms with Crippen molar-refractivity contribution in [3.05, 3.63) is 88.1 Å². The predicted octanol–water partition coefficient (Wildman–Crippen LogP) is 2.56. The first-order valence-electron chi connectivity index (χ1n) is 8.61. The first kappa shape index (κ1) is 17.5. The van der Waals surface area contributed by atoms with Gasteiger partial charge in [0.05, 0.1) is 5.69 Å². The van der Waals surface area contributed by atoms with Crippen molar-refractivity contribution in [3.8, 4) is 5.75 Å². The van der Waals surface area contributed by atoms with Crippen molar-refractivity contribution in [2.24, 2.45) is 0 Å². The smallest absolute Gasteiger partial charge is 0.274 e. The van der Waals surface area contributed by atoms with Gasteiger partial charge in [-0.2, -0.15) is 4.52 Å². The van der Waals surface area contributed by atoms with E-state index >= 15 is 0 Å². The van der Waals surface area contributed by atoms with Crippen molar-refractivity contribution < 1.29 is 9.53 Å². The third kappa shape index (κ3) is 3.75. The van der Waals surface area contributed by atoms with E-state index in [0.29, 0.717) is 28.5 Å². The summed E-state index contributed by atoms with van der Waals surface area (Å²) < 4.78 is 6.91. The van der Waals surface area contributed by atoms with E-state index in [2.05, 4.69) is 20.4 Å². The highest BCUT2D eigenvalue weighted by molar-refractivity contribution is 6.04. The lowest BCUT2D eigenvalue weighted by atomic mass is 10.1. The Balaban J connectivity index is 1.39. The monoisotopic (exact) mass is 375 g/mol. The molecule has 0 unspecified atom stereocenters. The zero-order chi connectivity index (χ0) is 19.5. The summed E-state index contributed by atoms with van der Waals surface area (Å²) in [4.78, 5) is 32.4. The van der Waals surface area contributed by atoms with Gasteiger partial charge < -0.3 is 10.1 Å². The largest absolute Gasteiger partial charge is 0.487 e. The third-order valence-corrected chi connectivity index (χ3v) is 4.13. The molecule has 2 aromatic heterocycles. The van der Waals surface area contributed by atoms with Crippen LogP contribution >= 0.6 is 0 Å². The molecule has 1 amide bonds. The van der Waals surface area contributed by atoms with Gasteiger partial charge in [-0.15, -0.1) is 0 Å². The fourth-order valence-electron chi connectivity index (χ4n) is 2.64. The molecule has 0 radical (unpaired) electrons. The minimum absolute atomic E-state index is 0.133. The average Bonchev–Trinajstić information content (AvgIpc) is 3.17. The Morgan fingerprint density at radius 1 is 1.14 bits per heavy atom. The molecule has 0 aliphatic rings. The molecule has 0 bridgehead atoms. The topological polar surface area (TPSA) is 101 Å². The summed E-state index contributed by atoms with van der Waals surface area (Å²) in [5, 5.41) is 5.52. The minimum Gasteiger partial charge on any atom is -0.487 e. The van der Waals surface area contributed by atoms with Crippen LogP contribution in [0, 0.1) is 6.92 Å². The van der Waals surface area contributed by atoms with E-state index in [1.807, 2.05) is 19.1 Å². The SMILES string of the molecule is Cc1ccc(C(=O)Nc2ccc(OCc3cc(=O)n4[nH]cnc4n3)cc2)cc1. The van der Waals surface area contributed by atoms with Gasteiger partial charge in [-0.05, 0) is 43.3 Å². The molecule has 0 atom stereocenters. The van der Waals surface area contributed by atoms with Crippen LogP contribution in [-0.2, 0) is 6.61 Å². The number of nitrogens with one attached hydrogen (secondary N) is 2. The highest BCUT2D eigenvalue weighted by atomic mass is 16.5. The number of nitrogens with zero attached hydrogens (tertiary/aromatic N) is 3. The number of aromatic amines is 1. The summed E-state index contributed by atoms with van der Waals surface area (Å²) in [6.45, 7) is 2.10. The molecule has 4 aromatic rings. The molecule has 140 valence electrons. The normalized spacial score (nSPS) is 10.8. The van der Waals surface area contributed by atoms with Crippen LogP contribution in [-0.4, -0.2) is 25.5 Å². The number of H-pyrrole nitrogens is 1. The Kier molecular flexibility index (Phi) is 4.59. The Morgan fingerprint density at radius 3 is 2.64 bits per heavy atom. The third-order valence-electron chi connectivity index (χ3n) is 4.13. The summed E-state index contributed by atoms with van der Waals surface area (Å²) in [7, 11) is 0. The predicted molar refractivity (Wildman–Crippen MR) is 104 cm³/mol. The van der Waals surface area contributed by atoms with Crippen LogP contribution in [0.25, 0.3) is 5.78 Å². The number of carbonyl (C=O) groups is 1. The Hall–Kier alpha value is -3.94. The van der Waals surface area contributed by atoms with E-state index in [-0.39, 0.29) is 18.1 Å². The summed E-state index contributed by atoms with van der Waals surface area (Å²) in [5.74, 6) is 0.711. The van der Waals surface area contributed by atoms with Crippen molar-refractivity contribution >= 4 is 17.4 Å². The maximum absolute atomic E-state index is 12.2. The van der Waals surface area contributed by atoms with Crippen LogP contribution in [0.2, 0.25) is 0 Å². The molecule has 8 heteroatoms. The lowest BCUT2D eigenvalue weighted by Gasteiger charge is -2.08. The quantitative estimate of drug-likeness (QED) is 0.558. The Bertz CT molecular complexity index is 1180. The Labute approximate surface area is 159 Å². The standard InChI is InChI=1S/C20H17N5O3/c1-13-2-4-14(5-3-13)19(27)23-15-6-8-17(9-7-15)28-11-16-10-18(26)25-20(24-16)21-12-22-25/h2-10,12H,11H2,1H3,(H,23,27)(H,21,22,24). The van der Waals surface area contributed by atoms with Crippen molar-refractivity contribution in [1.82, 2.24) is 19.6 Å². The van der Waals surface area contributed by atoms with E-state index in [1.165, 1.54) is 16.9 Å². The molecule has 0 aliphatic heterocycles. The number of rotatable bonds is 5. The molecule has 0 aliphatic carbocycles. The van der Waals surface area contributed by atoms with Gasteiger partial charge >= 0.3 is 0 Å². The molecule has 2 aromatic carbocycles. The summed E-state index contributed by atoms with van der Waals surface area (Å²) in [5.41, 5.74) is 2.58. The second-order valence-corrected chi connectivity index (χ2v) is 6.24. The maximum Gasteiger partial charge on any atom is 0.274 e. The second-order valence-electron chi connectivity index (χ2n) is 6.24. The number of anilines is 1. The van der Waals surface area contributed by atoms with Crippen molar-refractivity contribution in [2.75, 3.05) is 5.32 Å². The van der Waals surface area contributed by atoms with Crippen molar-refractivity contribution in [2.45, 2.75) is 13.5 Å². The van der Waals surface area contributed by atoms with Gasteiger partial charge in [-0.1, -0.05) is 17.7 Å². The highest BCUT2D eigenvalue weighted by Gasteiger charge is 2.07. The average molecular weight is 375 g/mol. The lowest BCUT2D eigenvalue weighted by molar-refractivity contribution is 0.102. The van der Waals surface area contributed by atoms with Gasteiger partial charge in [0.15, 0.2) is 0 Å². The molecular formula is C20H17N5O3. The molecule has 28 heavy (non-hydrogen) atoms. The number of hydrogen-bond acceptors (Lipinski definition) is 5. The molecule has 0 spiro atoms. The van der Waals surface area contributed by atoms with Crippen LogP contribution in [0.1, 0.15) is 21.6 Å². The molecule has 2 heterocycles. The number of ether oxygens (including phenoxy) is 1. The number of aromatic nitrogens is 4. The van der Waals surface area contributed by atoms with Crippen LogP contribution in [0.5, 0.6) is 5.75 Å². The summed E-state index contributed by atoms with van der Waals surface area (Å²) in [6.07, 6.45) is 1.40. The zero-order valence-corrected chi connectivity index (χ0v) is 15.0. The van der Waals surface area contributed by atoms with Gasteiger partial charge in [0, 0.05) is 17.3 Å². The maximum atomic E-state index is 12.2. The molecular weight excluding hydrogens is 358 g/mol. The highest BCUT2D eigenvalue weighted by Crippen LogP contribution is 2.17. The van der Waals surface area contributed by atoms with E-state index in [9.17, 15) is 9.59 Å². The molecule has 0 saturated carbocycles. The number of amides is 1. The van der Waals surface area contributed by atoms with Crippen LogP contribution in [0.15, 0.2) is 65.7 Å². The lowest BCUT2D eigenvalue weighted by Crippen LogP contribution is -2.16. The minimum atomic E-state index is -0.254. The number of fused-ring (bicyclic) bond motifs is 1. The number of aryl methyl sites for hydroxylation is 1. The van der Waals surface area contributed by atoms with Gasteiger partial charge in [-0.3, -0.25) is 14.7 Å². The van der Waals surface area contributed by atoms with E-state index < -0.39 is 0 Å². The second kappa shape index (κ2) is 7.36. The fourth-order valence-corrected chi connectivity index (χ4v) is 2.64. The van der Waals surface area contributed by atoms with Gasteiger partial charge in [0.1, 0.15) is 18.7 Å². The van der Waals surface area contributed by atoms with E-state index in [0.717, 1.165) is 5.56 Å². The molecule has 0 fully saturated rings. The van der Waals surface area contributed by atoms with Crippen LogP contribution < -0.4 is 15.6 Å². The molecule has 2 N–H and O–H groups in total. The summed E-state index contributed by atoms with van der Waals surface area (Å²) in [6, 6.07) is 15.7. The number of hydrogen-bond donors (Lipinski definition) is 2. The zero-order valence-electron chi connectivity index (χ0n) is 15.0. The van der Waals surface area contributed by atoms with E-state index in [4.69, 9.17) is 4.74 Å². The van der Waals surface area contributed by atoms with Crippen LogP contribution in [0.3, 0.4) is 0 Å². The van der Waals surface area contributed by atoms with Gasteiger partial charge in [0.25, 0.3) is 17.2 Å². The summed E-state index contributed by atoms with van der Waals surface area (Å²) >= 11 is 0. The van der Waals surface area contributed by atoms with Crippen molar-refractivity contribution in [1.29, 1.82) is 0 Å². The van der Waals surface area contributed by atoms with Crippen LogP contribution in [0.4, 0.5) is 5.69 Å². The van der Waals surface area contributed by atoms with E-state index in [1.54, 1.807) is 36.4 Å². The molecule has 4 rings (SSSR count). The van der Waals surface area contributed by atoms with Crippen molar-refractivity contribution in [3.63, 3.8) is 0 Å².